The predicted octanol–water partition coefficient (Wildman–Crippen LogP) is 4.44. The molecular formula is C22H18N4O3S. The maximum atomic E-state index is 12.7. The molecule has 4 aromatic rings. The van der Waals surface area contributed by atoms with Crippen LogP contribution in [0.4, 0.5) is 5.95 Å². The van der Waals surface area contributed by atoms with Crippen molar-refractivity contribution in [2.45, 2.75) is 11.8 Å². The van der Waals surface area contributed by atoms with Gasteiger partial charge >= 0.3 is 0 Å². The maximum absolute atomic E-state index is 12.7. The predicted molar refractivity (Wildman–Crippen MR) is 114 cm³/mol. The van der Waals surface area contributed by atoms with Gasteiger partial charge in [0.25, 0.3) is 10.0 Å². The molecule has 150 valence electrons. The monoisotopic (exact) mass is 418 g/mol. The summed E-state index contributed by atoms with van der Waals surface area (Å²) in [4.78, 5) is 12.9. The van der Waals surface area contributed by atoms with E-state index in [1.807, 2.05) is 31.2 Å². The maximum Gasteiger partial charge on any atom is 0.264 e. The van der Waals surface area contributed by atoms with Crippen molar-refractivity contribution in [3.63, 3.8) is 0 Å². The van der Waals surface area contributed by atoms with Crippen LogP contribution in [0.15, 0.2) is 90.1 Å². The highest BCUT2D eigenvalue weighted by atomic mass is 32.2. The highest BCUT2D eigenvalue weighted by molar-refractivity contribution is 7.92. The molecule has 0 aliphatic rings. The van der Waals surface area contributed by atoms with Crippen LogP contribution in [-0.2, 0) is 10.0 Å². The summed E-state index contributed by atoms with van der Waals surface area (Å²) in [5, 5.41) is 0. The highest BCUT2D eigenvalue weighted by Crippen LogP contribution is 2.28. The molecule has 0 atom stereocenters. The number of rotatable bonds is 6. The van der Waals surface area contributed by atoms with Gasteiger partial charge in [0.2, 0.25) is 11.8 Å². The van der Waals surface area contributed by atoms with Crippen LogP contribution in [-0.4, -0.2) is 23.4 Å². The van der Waals surface area contributed by atoms with Gasteiger partial charge in [-0.2, -0.15) is 4.98 Å². The lowest BCUT2D eigenvalue weighted by Crippen LogP contribution is -2.15. The Labute approximate surface area is 174 Å². The van der Waals surface area contributed by atoms with Crippen LogP contribution in [0.3, 0.4) is 0 Å². The van der Waals surface area contributed by atoms with E-state index in [4.69, 9.17) is 4.74 Å². The summed E-state index contributed by atoms with van der Waals surface area (Å²) in [6.07, 6.45) is 3.35. The fourth-order valence-corrected chi connectivity index (χ4v) is 3.75. The van der Waals surface area contributed by atoms with Gasteiger partial charge in [-0.3, -0.25) is 4.98 Å². The molecule has 7 nitrogen and oxygen atoms in total. The lowest BCUT2D eigenvalue weighted by atomic mass is 10.1. The molecule has 4 rings (SSSR count). The fourth-order valence-electron chi connectivity index (χ4n) is 2.78. The first-order valence-electron chi connectivity index (χ1n) is 9.12. The molecule has 8 heteroatoms. The Kier molecular flexibility index (Phi) is 5.40. The third kappa shape index (κ3) is 4.44. The summed E-state index contributed by atoms with van der Waals surface area (Å²) < 4.78 is 33.8. The molecule has 0 amide bonds. The normalized spacial score (nSPS) is 11.1. The number of nitrogens with one attached hydrogen (secondary N) is 1. The van der Waals surface area contributed by atoms with Crippen LogP contribution in [0.2, 0.25) is 0 Å². The van der Waals surface area contributed by atoms with E-state index in [2.05, 4.69) is 19.7 Å². The van der Waals surface area contributed by atoms with E-state index in [-0.39, 0.29) is 16.7 Å². The third-order valence-electron chi connectivity index (χ3n) is 4.26. The first-order chi connectivity index (χ1) is 14.5. The molecule has 2 aromatic heterocycles. The molecule has 0 unspecified atom stereocenters. The molecule has 0 aliphatic heterocycles. The molecule has 0 spiro atoms. The van der Waals surface area contributed by atoms with E-state index in [0.29, 0.717) is 11.4 Å². The first-order valence-corrected chi connectivity index (χ1v) is 10.6. The summed E-state index contributed by atoms with van der Waals surface area (Å²) in [7, 11) is -3.86. The van der Waals surface area contributed by atoms with E-state index in [9.17, 15) is 8.42 Å². The van der Waals surface area contributed by atoms with Crippen molar-refractivity contribution >= 4 is 16.0 Å². The summed E-state index contributed by atoms with van der Waals surface area (Å²) in [5.41, 5.74) is 2.18. The molecular weight excluding hydrogens is 400 g/mol. The Morgan fingerprint density at radius 3 is 2.30 bits per heavy atom. The quantitative estimate of drug-likeness (QED) is 0.497. The van der Waals surface area contributed by atoms with E-state index in [0.717, 1.165) is 11.1 Å². The van der Waals surface area contributed by atoms with Crippen molar-refractivity contribution in [2.75, 3.05) is 4.72 Å². The van der Waals surface area contributed by atoms with Crippen LogP contribution in [0.1, 0.15) is 5.56 Å². The average molecular weight is 418 g/mol. The number of para-hydroxylation sites is 1. The van der Waals surface area contributed by atoms with Gasteiger partial charge in [-0.1, -0.05) is 36.4 Å². The number of anilines is 1. The Hall–Kier alpha value is -3.78. The van der Waals surface area contributed by atoms with Gasteiger partial charge in [0.15, 0.2) is 0 Å². The number of aromatic nitrogens is 3. The summed E-state index contributed by atoms with van der Waals surface area (Å²) in [6, 6.07) is 20.6. The minimum atomic E-state index is -3.86. The molecule has 0 saturated heterocycles. The largest absolute Gasteiger partial charge is 0.439 e. The van der Waals surface area contributed by atoms with Crippen LogP contribution >= 0.6 is 0 Å². The van der Waals surface area contributed by atoms with Crippen LogP contribution < -0.4 is 9.46 Å². The third-order valence-corrected chi connectivity index (χ3v) is 5.61. The van der Waals surface area contributed by atoms with Crippen molar-refractivity contribution in [1.29, 1.82) is 0 Å². The number of hydrogen-bond acceptors (Lipinski definition) is 6. The van der Waals surface area contributed by atoms with E-state index < -0.39 is 10.0 Å². The minimum absolute atomic E-state index is 0.0921. The standard InChI is InChI=1S/C22H18N4O3S/c1-16-12-13-23-15-19(16)20-14-21(29-17-8-4-2-5-9-17)25-22(24-20)26-30(27,28)18-10-6-3-7-11-18/h2-15H,1H3,(H,24,25,26). The fraction of sp³-hybridized carbons (Fsp3) is 0.0455. The molecule has 2 aromatic carbocycles. The molecule has 0 aliphatic carbocycles. The molecule has 0 fully saturated rings. The van der Waals surface area contributed by atoms with Gasteiger partial charge in [0.1, 0.15) is 5.75 Å². The smallest absolute Gasteiger partial charge is 0.264 e. The summed E-state index contributed by atoms with van der Waals surface area (Å²) in [5.74, 6) is 0.688. The topological polar surface area (TPSA) is 94.1 Å². The lowest BCUT2D eigenvalue weighted by molar-refractivity contribution is 0.463. The van der Waals surface area contributed by atoms with Crippen molar-refractivity contribution in [1.82, 2.24) is 15.0 Å². The molecule has 0 saturated carbocycles. The highest BCUT2D eigenvalue weighted by Gasteiger charge is 2.18. The average Bonchev–Trinajstić information content (AvgIpc) is 2.75. The zero-order valence-corrected chi connectivity index (χ0v) is 16.9. The SMILES string of the molecule is Cc1ccncc1-c1cc(Oc2ccccc2)nc(NS(=O)(=O)c2ccccc2)n1. The van der Waals surface area contributed by atoms with Crippen LogP contribution in [0.25, 0.3) is 11.3 Å². The number of benzene rings is 2. The van der Waals surface area contributed by atoms with Gasteiger partial charge in [-0.15, -0.1) is 0 Å². The van der Waals surface area contributed by atoms with E-state index in [1.54, 1.807) is 48.8 Å². The van der Waals surface area contributed by atoms with Gasteiger partial charge in [-0.05, 0) is 42.8 Å². The van der Waals surface area contributed by atoms with Crippen molar-refractivity contribution in [3.05, 3.63) is 90.8 Å². The van der Waals surface area contributed by atoms with Gasteiger partial charge in [-0.25, -0.2) is 18.1 Å². The van der Waals surface area contributed by atoms with Gasteiger partial charge in [0, 0.05) is 24.0 Å². The van der Waals surface area contributed by atoms with Crippen molar-refractivity contribution in [3.8, 4) is 22.9 Å². The second-order valence-electron chi connectivity index (χ2n) is 6.44. The second-order valence-corrected chi connectivity index (χ2v) is 8.12. The summed E-state index contributed by atoms with van der Waals surface area (Å²) >= 11 is 0. The number of aryl methyl sites for hydroxylation is 1. The minimum Gasteiger partial charge on any atom is -0.439 e. The molecule has 0 radical (unpaired) electrons. The van der Waals surface area contributed by atoms with Crippen LogP contribution in [0, 0.1) is 6.92 Å². The Bertz CT molecular complexity index is 1260. The van der Waals surface area contributed by atoms with E-state index in [1.165, 1.54) is 12.1 Å². The number of ether oxygens (including phenoxy) is 1. The number of pyridine rings is 1. The molecule has 0 bridgehead atoms. The molecule has 1 N–H and O–H groups in total. The van der Waals surface area contributed by atoms with Crippen molar-refractivity contribution in [2.24, 2.45) is 0 Å². The second kappa shape index (κ2) is 8.30. The van der Waals surface area contributed by atoms with E-state index >= 15 is 0 Å². The van der Waals surface area contributed by atoms with Gasteiger partial charge < -0.3 is 4.74 Å². The zero-order valence-electron chi connectivity index (χ0n) is 16.1. The molecule has 30 heavy (non-hydrogen) atoms. The first kappa shape index (κ1) is 19.5. The Morgan fingerprint density at radius 2 is 1.60 bits per heavy atom. The number of hydrogen-bond donors (Lipinski definition) is 1. The summed E-state index contributed by atoms with van der Waals surface area (Å²) in [6.45, 7) is 1.92. The van der Waals surface area contributed by atoms with Crippen LogP contribution in [0.5, 0.6) is 11.6 Å². The Balaban J connectivity index is 1.76. The number of nitrogens with zero attached hydrogens (tertiary/aromatic N) is 3. The molecule has 2 heterocycles. The van der Waals surface area contributed by atoms with Crippen molar-refractivity contribution < 1.29 is 13.2 Å². The zero-order chi connectivity index (χ0) is 21.0. The number of sulfonamides is 1. The Morgan fingerprint density at radius 1 is 0.900 bits per heavy atom. The van der Waals surface area contributed by atoms with Gasteiger partial charge in [0.05, 0.1) is 10.6 Å². The lowest BCUT2D eigenvalue weighted by Gasteiger charge is -2.12.